The fourth-order valence-electron chi connectivity index (χ4n) is 4.68. The number of hydrogen-bond acceptors (Lipinski definition) is 8. The lowest BCUT2D eigenvalue weighted by Gasteiger charge is -2.43. The van der Waals surface area contributed by atoms with Crippen LogP contribution in [-0.2, 0) is 33.7 Å². The van der Waals surface area contributed by atoms with Gasteiger partial charge in [-0.2, -0.15) is 158 Å². The minimum atomic E-state index is -9.39. The molecule has 48 heteroatoms. The van der Waals surface area contributed by atoms with Gasteiger partial charge in [-0.15, -0.1) is 0 Å². The molecule has 0 aromatic rings. The summed E-state index contributed by atoms with van der Waals surface area (Å²) in [6.45, 7) is -5.81. The Hall–Kier alpha value is -2.49. The minimum absolute atomic E-state index is 0. The van der Waals surface area contributed by atoms with Crippen molar-refractivity contribution < 1.29 is 185 Å². The standard InChI is InChI=1S/C24H19F34N2O8PS2.H3N/c1-5-59(70(63,64)23(55,56)19(45,46)15(37,38)11(29,30)9(25,26)13(33,34)17(41,42)21(49,50)51)7(3)67-69(61,62)68-8(4)60(6-2)71(65,66)24(57,58)20(47,48)16(39,40)12(31,32)10(27,28)14(35,36)18(43,44)22(52,53)54;/h7-8H,5-6H2,1-4H3,(H,61,62);1H3. The van der Waals surface area contributed by atoms with Gasteiger partial charge in [0.15, 0.2) is 0 Å². The Morgan fingerprint density at radius 1 is 0.375 bits per heavy atom. The second kappa shape index (κ2) is 19.2. The predicted octanol–water partition coefficient (Wildman–Crippen LogP) is 11.2. The summed E-state index contributed by atoms with van der Waals surface area (Å²) in [5, 5.41) is -16.9. The molecule has 0 spiro atoms. The second-order valence-electron chi connectivity index (χ2n) is 13.2. The predicted molar refractivity (Wildman–Crippen MR) is 160 cm³/mol. The van der Waals surface area contributed by atoms with Crippen LogP contribution in [0.2, 0.25) is 0 Å². The Morgan fingerprint density at radius 3 is 0.681 bits per heavy atom. The highest BCUT2D eigenvalue weighted by Gasteiger charge is 2.98. The number of nitrogens with zero attached hydrogens (tertiary/aromatic N) is 2. The third-order valence-corrected chi connectivity index (χ3v) is 14.0. The zero-order chi connectivity index (χ0) is 58.6. The van der Waals surface area contributed by atoms with Crippen molar-refractivity contribution in [3.05, 3.63) is 0 Å². The van der Waals surface area contributed by atoms with Gasteiger partial charge in [0.1, 0.15) is 12.5 Å². The Labute approximate surface area is 375 Å². The summed E-state index contributed by atoms with van der Waals surface area (Å²) in [6.07, 6.45) is -24.2. The first-order valence-corrected chi connectivity index (χ1v) is 20.7. The fourth-order valence-corrected chi connectivity index (χ4v) is 8.89. The van der Waals surface area contributed by atoms with E-state index in [4.69, 9.17) is 0 Å². The highest BCUT2D eigenvalue weighted by Crippen LogP contribution is 2.67. The van der Waals surface area contributed by atoms with Crippen LogP contribution >= 0.6 is 7.82 Å². The van der Waals surface area contributed by atoms with Crippen LogP contribution in [0.15, 0.2) is 0 Å². The molecule has 4 N–H and O–H groups in total. The third-order valence-electron chi connectivity index (χ3n) is 8.66. The van der Waals surface area contributed by atoms with Gasteiger partial charge in [0.05, 0.1) is 0 Å². The third kappa shape index (κ3) is 9.69. The molecule has 2 unspecified atom stereocenters. The molecular weight excluding hydrogens is 1200 g/mol. The Morgan fingerprint density at radius 2 is 0.528 bits per heavy atom. The number of halogens is 34. The van der Waals surface area contributed by atoms with Gasteiger partial charge in [-0.3, -0.25) is 9.05 Å². The van der Waals surface area contributed by atoms with Gasteiger partial charge in [-0.05, 0) is 13.8 Å². The van der Waals surface area contributed by atoms with Crippen molar-refractivity contribution in [2.75, 3.05) is 13.1 Å². The normalized spacial score (nSPS) is 18.0. The molecule has 72 heavy (non-hydrogen) atoms. The van der Waals surface area contributed by atoms with Gasteiger partial charge in [0.2, 0.25) is 0 Å². The van der Waals surface area contributed by atoms with Gasteiger partial charge in [-0.25, -0.2) is 21.4 Å². The first kappa shape index (κ1) is 71.6. The number of hydrogen-bond donors (Lipinski definition) is 2. The summed E-state index contributed by atoms with van der Waals surface area (Å²) in [5.74, 6) is -110. The lowest BCUT2D eigenvalue weighted by molar-refractivity contribution is -0.458. The molecule has 0 aliphatic carbocycles. The van der Waals surface area contributed by atoms with Crippen LogP contribution in [0.5, 0.6) is 0 Å². The van der Waals surface area contributed by atoms with E-state index in [0.29, 0.717) is 0 Å². The van der Waals surface area contributed by atoms with Crippen molar-refractivity contribution in [3.8, 4) is 0 Å². The zero-order valence-corrected chi connectivity index (χ0v) is 36.1. The molecule has 0 heterocycles. The fraction of sp³-hybridized carbons (Fsp3) is 1.00. The summed E-state index contributed by atoms with van der Waals surface area (Å²) in [6, 6.07) is 0. The minimum Gasteiger partial charge on any atom is -0.344 e. The van der Waals surface area contributed by atoms with E-state index in [2.05, 4.69) is 9.05 Å². The van der Waals surface area contributed by atoms with Crippen LogP contribution in [0.25, 0.3) is 0 Å². The summed E-state index contributed by atoms with van der Waals surface area (Å²) in [5.41, 5.74) is 0. The Balaban J connectivity index is 0. The highest BCUT2D eigenvalue weighted by atomic mass is 32.2. The van der Waals surface area contributed by atoms with Crippen LogP contribution in [0, 0.1) is 0 Å². The van der Waals surface area contributed by atoms with Crippen LogP contribution < -0.4 is 6.15 Å². The van der Waals surface area contributed by atoms with Crippen molar-refractivity contribution in [3.63, 3.8) is 0 Å². The summed E-state index contributed by atoms with van der Waals surface area (Å²) in [4.78, 5) is 9.82. The van der Waals surface area contributed by atoms with Crippen molar-refractivity contribution in [2.24, 2.45) is 0 Å². The maximum Gasteiger partial charge on any atom is 0.475 e. The molecule has 0 radical (unpaired) electrons. The van der Waals surface area contributed by atoms with Gasteiger partial charge in [0.25, 0.3) is 20.0 Å². The molecule has 0 amide bonds. The maximum atomic E-state index is 14.8. The van der Waals surface area contributed by atoms with Crippen molar-refractivity contribution in [2.45, 2.75) is 134 Å². The smallest absolute Gasteiger partial charge is 0.344 e. The van der Waals surface area contributed by atoms with Gasteiger partial charge in [-0.1, -0.05) is 13.8 Å². The Bertz CT molecular complexity index is 2050. The first-order valence-electron chi connectivity index (χ1n) is 16.3. The molecule has 0 fully saturated rings. The first-order chi connectivity index (χ1) is 30.2. The van der Waals surface area contributed by atoms with Crippen molar-refractivity contribution >= 4 is 27.9 Å². The van der Waals surface area contributed by atoms with E-state index in [9.17, 15) is 176 Å². The van der Waals surface area contributed by atoms with Crippen molar-refractivity contribution in [1.29, 1.82) is 0 Å². The van der Waals surface area contributed by atoms with E-state index in [1.54, 1.807) is 0 Å². The average molecular weight is 1220 g/mol. The number of phosphoric ester groups is 1. The van der Waals surface area contributed by atoms with E-state index in [-0.39, 0.29) is 20.0 Å². The van der Waals surface area contributed by atoms with Gasteiger partial charge in [0, 0.05) is 13.1 Å². The van der Waals surface area contributed by atoms with Crippen molar-refractivity contribution in [1.82, 2.24) is 14.8 Å². The molecular formula is C24H22F34N3O8PS2. The largest absolute Gasteiger partial charge is 0.475 e. The Kier molecular flexibility index (Phi) is 19.1. The highest BCUT2D eigenvalue weighted by molar-refractivity contribution is 7.90. The number of phosphoric acid groups is 1. The molecule has 11 nitrogen and oxygen atoms in total. The van der Waals surface area contributed by atoms with E-state index in [1.165, 1.54) is 0 Å². The molecule has 0 rings (SSSR count). The molecule has 436 valence electrons. The number of sulfonamides is 2. The molecule has 0 aromatic carbocycles. The molecule has 0 aliphatic heterocycles. The van der Waals surface area contributed by atoms with Gasteiger partial charge >= 0.3 is 102 Å². The molecule has 0 saturated heterocycles. The number of rotatable bonds is 24. The summed E-state index contributed by atoms with van der Waals surface area (Å²) in [7, 11) is -24.2. The quantitative estimate of drug-likeness (QED) is 0.0543. The SMILES string of the molecule is CCN(C(C)OP(=O)(O)OC(C)N(CC)S(=O)(=O)C(F)(F)C(F)(F)C(F)(F)C(F)(F)C(F)(F)C(F)(F)C(F)(F)C(F)(F)F)S(=O)(=O)C(F)(F)C(F)(F)C(F)(F)C(F)(F)C(F)(F)C(F)(F)C(F)(F)C(F)(F)F.N. The maximum absolute atomic E-state index is 14.8. The molecule has 0 saturated carbocycles. The average Bonchev–Trinajstić information content (AvgIpc) is 3.12. The summed E-state index contributed by atoms with van der Waals surface area (Å²) < 4.78 is 531. The second-order valence-corrected chi connectivity index (χ2v) is 18.4. The van der Waals surface area contributed by atoms with Crippen LogP contribution in [0.3, 0.4) is 0 Å². The molecule has 2 atom stereocenters. The number of alkyl halides is 34. The molecule has 0 aliphatic rings. The van der Waals surface area contributed by atoms with E-state index >= 15 is 0 Å². The topological polar surface area (TPSA) is 166 Å². The van der Waals surface area contributed by atoms with E-state index in [0.717, 1.165) is 0 Å². The van der Waals surface area contributed by atoms with E-state index < -0.39 is 170 Å². The molecule has 0 bridgehead atoms. The molecule has 0 aromatic heterocycles. The van der Waals surface area contributed by atoms with Crippen LogP contribution in [0.1, 0.15) is 27.7 Å². The van der Waals surface area contributed by atoms with Crippen LogP contribution in [0.4, 0.5) is 149 Å². The van der Waals surface area contributed by atoms with Gasteiger partial charge < -0.3 is 11.0 Å². The lowest BCUT2D eigenvalue weighted by Crippen LogP contribution is -2.75. The zero-order valence-electron chi connectivity index (χ0n) is 33.6. The monoisotopic (exact) mass is 1220 g/mol. The summed E-state index contributed by atoms with van der Waals surface area (Å²) >= 11 is 0. The lowest BCUT2D eigenvalue weighted by atomic mass is 9.91. The van der Waals surface area contributed by atoms with Crippen LogP contribution in [-0.4, -0.2) is 150 Å². The van der Waals surface area contributed by atoms with E-state index in [1.807, 2.05) is 0 Å².